The number of carbonyl (C=O) groups is 1. The van der Waals surface area contributed by atoms with E-state index in [0.717, 1.165) is 6.07 Å². The second-order valence-electron chi connectivity index (χ2n) is 7.79. The van der Waals surface area contributed by atoms with Crippen molar-refractivity contribution in [1.29, 1.82) is 0 Å². The van der Waals surface area contributed by atoms with Crippen LogP contribution >= 0.6 is 0 Å². The van der Waals surface area contributed by atoms with Crippen molar-refractivity contribution < 1.29 is 32.5 Å². The van der Waals surface area contributed by atoms with E-state index in [2.05, 4.69) is 13.2 Å². The fourth-order valence-electron chi connectivity index (χ4n) is 3.06. The first-order valence-corrected chi connectivity index (χ1v) is 10.3. The highest BCUT2D eigenvalue weighted by atomic mass is 19.4. The lowest BCUT2D eigenvalue weighted by atomic mass is 9.94. The molecule has 34 heavy (non-hydrogen) atoms. The van der Waals surface area contributed by atoms with Crippen LogP contribution in [0, 0.1) is 0 Å². The van der Waals surface area contributed by atoms with E-state index < -0.39 is 24.0 Å². The van der Waals surface area contributed by atoms with E-state index in [9.17, 15) is 23.1 Å². The molecule has 176 valence electrons. The number of halogens is 3. The number of aliphatic hydroxyl groups excluding tert-OH is 1. The highest BCUT2D eigenvalue weighted by molar-refractivity contribution is 5.88. The maximum Gasteiger partial charge on any atom is 0.417 e. The smallest absolute Gasteiger partial charge is 0.417 e. The van der Waals surface area contributed by atoms with E-state index in [0.29, 0.717) is 28.0 Å². The number of ether oxygens (including phenoxy) is 2. The van der Waals surface area contributed by atoms with Crippen molar-refractivity contribution in [2.24, 2.45) is 0 Å². The van der Waals surface area contributed by atoms with Gasteiger partial charge < -0.3 is 14.6 Å². The van der Waals surface area contributed by atoms with Crippen LogP contribution in [0.5, 0.6) is 11.5 Å². The number of esters is 1. The standard InChI is InChI=1S/C27H23F3O4/c1-16(2)25(31)33-21-10-5-18(6-11-21)20-9-14-23(24(15-20)27(28,29)30)19-7-12-22(13-8-19)34-26(32)17(3)4/h5-15,25,31H,1,3H2,2,4H3. The number of alkyl halides is 3. The normalized spacial score (nSPS) is 12.1. The lowest BCUT2D eigenvalue weighted by Gasteiger charge is -2.16. The largest absolute Gasteiger partial charge is 0.461 e. The van der Waals surface area contributed by atoms with Crippen LogP contribution in [-0.2, 0) is 11.0 Å². The van der Waals surface area contributed by atoms with Gasteiger partial charge in [-0.25, -0.2) is 4.79 Å². The molecule has 0 amide bonds. The van der Waals surface area contributed by atoms with Crippen molar-refractivity contribution in [3.05, 3.63) is 96.6 Å². The van der Waals surface area contributed by atoms with Gasteiger partial charge in [0.05, 0.1) is 5.56 Å². The molecule has 1 N–H and O–H groups in total. The number of benzene rings is 3. The zero-order valence-electron chi connectivity index (χ0n) is 18.6. The van der Waals surface area contributed by atoms with Crippen molar-refractivity contribution in [2.45, 2.75) is 26.3 Å². The Balaban J connectivity index is 1.91. The minimum atomic E-state index is -4.59. The molecular weight excluding hydrogens is 445 g/mol. The third-order valence-electron chi connectivity index (χ3n) is 4.91. The molecule has 0 heterocycles. The third-order valence-corrected chi connectivity index (χ3v) is 4.91. The van der Waals surface area contributed by atoms with Crippen LogP contribution in [0.25, 0.3) is 22.3 Å². The molecule has 0 saturated carbocycles. The van der Waals surface area contributed by atoms with Gasteiger partial charge in [0.1, 0.15) is 11.5 Å². The van der Waals surface area contributed by atoms with Crippen molar-refractivity contribution in [1.82, 2.24) is 0 Å². The van der Waals surface area contributed by atoms with Crippen LogP contribution in [0.3, 0.4) is 0 Å². The molecule has 3 aromatic carbocycles. The Morgan fingerprint density at radius 3 is 1.91 bits per heavy atom. The highest BCUT2D eigenvalue weighted by Gasteiger charge is 2.34. The minimum Gasteiger partial charge on any atom is -0.461 e. The molecular formula is C27H23F3O4. The molecule has 1 atom stereocenters. The molecule has 4 nitrogen and oxygen atoms in total. The number of aliphatic hydroxyl groups is 1. The first-order valence-electron chi connectivity index (χ1n) is 10.3. The summed E-state index contributed by atoms with van der Waals surface area (Å²) in [4.78, 5) is 11.6. The summed E-state index contributed by atoms with van der Waals surface area (Å²) in [5, 5.41) is 9.74. The van der Waals surface area contributed by atoms with Gasteiger partial charge in [-0.2, -0.15) is 13.2 Å². The Morgan fingerprint density at radius 2 is 1.38 bits per heavy atom. The summed E-state index contributed by atoms with van der Waals surface area (Å²) >= 11 is 0. The van der Waals surface area contributed by atoms with Gasteiger partial charge in [0.2, 0.25) is 6.29 Å². The van der Waals surface area contributed by atoms with Crippen LogP contribution < -0.4 is 9.47 Å². The second-order valence-corrected chi connectivity index (χ2v) is 7.79. The van der Waals surface area contributed by atoms with E-state index in [1.54, 1.807) is 37.3 Å². The molecule has 0 saturated heterocycles. The number of hydrogen-bond donors (Lipinski definition) is 1. The van der Waals surface area contributed by atoms with Crippen LogP contribution in [0.2, 0.25) is 0 Å². The van der Waals surface area contributed by atoms with Gasteiger partial charge >= 0.3 is 12.1 Å². The average Bonchev–Trinajstić information content (AvgIpc) is 2.79. The van der Waals surface area contributed by atoms with Crippen molar-refractivity contribution in [2.75, 3.05) is 0 Å². The number of hydrogen-bond acceptors (Lipinski definition) is 4. The van der Waals surface area contributed by atoms with E-state index >= 15 is 0 Å². The lowest BCUT2D eigenvalue weighted by molar-refractivity contribution is -0.137. The Kier molecular flexibility index (Phi) is 7.27. The third kappa shape index (κ3) is 5.94. The van der Waals surface area contributed by atoms with Crippen LogP contribution in [0.15, 0.2) is 91.0 Å². The van der Waals surface area contributed by atoms with Crippen LogP contribution in [0.4, 0.5) is 13.2 Å². The molecule has 0 aliphatic carbocycles. The average molecular weight is 468 g/mol. The summed E-state index contributed by atoms with van der Waals surface area (Å²) in [5.74, 6) is -0.0426. The van der Waals surface area contributed by atoms with Crippen LogP contribution in [0.1, 0.15) is 19.4 Å². The van der Waals surface area contributed by atoms with Gasteiger partial charge in [-0.1, -0.05) is 49.6 Å². The molecule has 0 aromatic heterocycles. The van der Waals surface area contributed by atoms with Crippen molar-refractivity contribution in [3.8, 4) is 33.8 Å². The molecule has 1 unspecified atom stereocenters. The van der Waals surface area contributed by atoms with Crippen LogP contribution in [-0.4, -0.2) is 17.4 Å². The maximum absolute atomic E-state index is 13.9. The van der Waals surface area contributed by atoms with Crippen molar-refractivity contribution in [3.63, 3.8) is 0 Å². The van der Waals surface area contributed by atoms with E-state index in [-0.39, 0.29) is 16.9 Å². The summed E-state index contributed by atoms with van der Waals surface area (Å²) in [6.07, 6.45) is -5.76. The van der Waals surface area contributed by atoms with Crippen molar-refractivity contribution >= 4 is 5.97 Å². The lowest BCUT2D eigenvalue weighted by Crippen LogP contribution is -2.15. The zero-order valence-corrected chi connectivity index (χ0v) is 18.6. The van der Waals surface area contributed by atoms with E-state index in [1.165, 1.54) is 37.3 Å². The van der Waals surface area contributed by atoms with Gasteiger partial charge in [-0.3, -0.25) is 0 Å². The number of carbonyl (C=O) groups excluding carboxylic acids is 1. The summed E-state index contributed by atoms with van der Waals surface area (Å²) in [6, 6.07) is 16.2. The van der Waals surface area contributed by atoms with Gasteiger partial charge in [0.25, 0.3) is 0 Å². The first kappa shape index (κ1) is 24.8. The zero-order chi connectivity index (χ0) is 25.0. The molecule has 0 aliphatic heterocycles. The second kappa shape index (κ2) is 9.97. The van der Waals surface area contributed by atoms with Gasteiger partial charge in [0, 0.05) is 5.57 Å². The minimum absolute atomic E-state index is 0.00133. The molecule has 0 radical (unpaired) electrons. The molecule has 0 bridgehead atoms. The quantitative estimate of drug-likeness (QED) is 0.136. The van der Waals surface area contributed by atoms with E-state index in [1.807, 2.05) is 0 Å². The summed E-state index contributed by atoms with van der Waals surface area (Å²) in [7, 11) is 0. The van der Waals surface area contributed by atoms with Gasteiger partial charge in [0.15, 0.2) is 0 Å². The fraction of sp³-hybridized carbons (Fsp3) is 0.148. The Morgan fingerprint density at radius 1 is 0.853 bits per heavy atom. The topological polar surface area (TPSA) is 55.8 Å². The molecule has 0 fully saturated rings. The predicted molar refractivity (Wildman–Crippen MR) is 124 cm³/mol. The Labute approximate surface area is 195 Å². The molecule has 7 heteroatoms. The van der Waals surface area contributed by atoms with E-state index in [4.69, 9.17) is 9.47 Å². The predicted octanol–water partition coefficient (Wildman–Crippen LogP) is 6.79. The summed E-state index contributed by atoms with van der Waals surface area (Å²) in [5.41, 5.74) is 1.09. The summed E-state index contributed by atoms with van der Waals surface area (Å²) in [6.45, 7) is 10.2. The number of rotatable bonds is 7. The maximum atomic E-state index is 13.9. The Bertz CT molecular complexity index is 1210. The summed E-state index contributed by atoms with van der Waals surface area (Å²) < 4.78 is 52.2. The fourth-order valence-corrected chi connectivity index (χ4v) is 3.06. The molecule has 0 aliphatic rings. The highest BCUT2D eigenvalue weighted by Crippen LogP contribution is 2.40. The van der Waals surface area contributed by atoms with Gasteiger partial charge in [-0.15, -0.1) is 0 Å². The molecule has 3 rings (SSSR count). The molecule has 0 spiro atoms. The molecule has 3 aromatic rings. The SMILES string of the molecule is C=C(C)C(=O)Oc1ccc(-c2ccc(-c3ccc(OC(O)C(=C)C)cc3)cc2C(F)(F)F)cc1. The monoisotopic (exact) mass is 468 g/mol. The first-order chi connectivity index (χ1) is 16.0. The van der Waals surface area contributed by atoms with Gasteiger partial charge in [-0.05, 0) is 72.0 Å². The Hall–Kier alpha value is -3.84.